The van der Waals surface area contributed by atoms with Crippen LogP contribution < -0.4 is 5.32 Å². The van der Waals surface area contributed by atoms with Gasteiger partial charge in [-0.15, -0.1) is 0 Å². The lowest BCUT2D eigenvalue weighted by molar-refractivity contribution is 0.618. The summed E-state index contributed by atoms with van der Waals surface area (Å²) in [6, 6.07) is 0. The Bertz CT molecular complexity index is 358. The number of rotatable bonds is 2. The SMILES string of the molecule is CCC(C)c1c(C)ncc2c1CCNC2. The number of nitrogens with one attached hydrogen (secondary N) is 1. The summed E-state index contributed by atoms with van der Waals surface area (Å²) in [6.45, 7) is 8.81. The fourth-order valence-electron chi connectivity index (χ4n) is 2.46. The highest BCUT2D eigenvalue weighted by atomic mass is 14.9. The molecule has 0 aromatic carbocycles. The highest BCUT2D eigenvalue weighted by Gasteiger charge is 2.18. The lowest BCUT2D eigenvalue weighted by Gasteiger charge is -2.24. The van der Waals surface area contributed by atoms with Crippen LogP contribution in [-0.4, -0.2) is 11.5 Å². The third-order valence-corrected chi connectivity index (χ3v) is 3.49. The lowest BCUT2D eigenvalue weighted by Crippen LogP contribution is -2.25. The van der Waals surface area contributed by atoms with E-state index in [-0.39, 0.29) is 0 Å². The molecule has 0 bridgehead atoms. The zero-order valence-electron chi connectivity index (χ0n) is 9.93. The highest BCUT2D eigenvalue weighted by Crippen LogP contribution is 2.28. The summed E-state index contributed by atoms with van der Waals surface area (Å²) in [5.74, 6) is 0.644. The van der Waals surface area contributed by atoms with E-state index in [1.807, 2.05) is 6.20 Å². The van der Waals surface area contributed by atoms with E-state index in [0.29, 0.717) is 5.92 Å². The zero-order valence-corrected chi connectivity index (χ0v) is 9.93. The Morgan fingerprint density at radius 1 is 1.53 bits per heavy atom. The van der Waals surface area contributed by atoms with Crippen molar-refractivity contribution < 1.29 is 0 Å². The molecule has 1 atom stereocenters. The van der Waals surface area contributed by atoms with Gasteiger partial charge in [-0.2, -0.15) is 0 Å². The average Bonchev–Trinajstić information content (AvgIpc) is 2.28. The van der Waals surface area contributed by atoms with E-state index in [0.717, 1.165) is 13.1 Å². The van der Waals surface area contributed by atoms with Crippen LogP contribution in [0.3, 0.4) is 0 Å². The van der Waals surface area contributed by atoms with Gasteiger partial charge in [0.05, 0.1) is 0 Å². The molecule has 1 N–H and O–H groups in total. The van der Waals surface area contributed by atoms with E-state index in [4.69, 9.17) is 0 Å². The molecule has 15 heavy (non-hydrogen) atoms. The molecule has 2 heterocycles. The third-order valence-electron chi connectivity index (χ3n) is 3.49. The van der Waals surface area contributed by atoms with E-state index in [9.17, 15) is 0 Å². The molecule has 1 aliphatic rings. The van der Waals surface area contributed by atoms with E-state index in [2.05, 4.69) is 31.1 Å². The molecule has 1 aliphatic heterocycles. The molecule has 0 saturated carbocycles. The minimum absolute atomic E-state index is 0.644. The van der Waals surface area contributed by atoms with Crippen LogP contribution in [0.15, 0.2) is 6.20 Å². The second kappa shape index (κ2) is 4.31. The van der Waals surface area contributed by atoms with Crippen molar-refractivity contribution in [3.8, 4) is 0 Å². The molecule has 0 aliphatic carbocycles. The fourth-order valence-corrected chi connectivity index (χ4v) is 2.46. The molecule has 2 nitrogen and oxygen atoms in total. The Kier molecular flexibility index (Phi) is 3.06. The third kappa shape index (κ3) is 1.91. The Morgan fingerprint density at radius 3 is 3.07 bits per heavy atom. The normalized spacial score (nSPS) is 17.3. The molecule has 0 radical (unpaired) electrons. The molecule has 1 aromatic rings. The monoisotopic (exact) mass is 204 g/mol. The summed E-state index contributed by atoms with van der Waals surface area (Å²) in [4.78, 5) is 4.52. The number of aryl methyl sites for hydroxylation is 1. The van der Waals surface area contributed by atoms with Crippen molar-refractivity contribution in [3.05, 3.63) is 28.6 Å². The molecular weight excluding hydrogens is 184 g/mol. The average molecular weight is 204 g/mol. The predicted octanol–water partition coefficient (Wildman–Crippen LogP) is 2.55. The molecule has 1 aromatic heterocycles. The molecular formula is C13H20N2. The van der Waals surface area contributed by atoms with Crippen molar-refractivity contribution in [1.82, 2.24) is 10.3 Å². The minimum atomic E-state index is 0.644. The van der Waals surface area contributed by atoms with E-state index >= 15 is 0 Å². The number of hydrogen-bond donors (Lipinski definition) is 1. The van der Waals surface area contributed by atoms with Crippen molar-refractivity contribution in [2.24, 2.45) is 0 Å². The van der Waals surface area contributed by atoms with Gasteiger partial charge in [0.2, 0.25) is 0 Å². The minimum Gasteiger partial charge on any atom is -0.312 e. The molecule has 0 fully saturated rings. The quantitative estimate of drug-likeness (QED) is 0.801. The van der Waals surface area contributed by atoms with Gasteiger partial charge in [0, 0.05) is 18.4 Å². The van der Waals surface area contributed by atoms with Gasteiger partial charge in [-0.25, -0.2) is 0 Å². The van der Waals surface area contributed by atoms with Crippen LogP contribution in [-0.2, 0) is 13.0 Å². The van der Waals surface area contributed by atoms with Crippen molar-refractivity contribution in [3.63, 3.8) is 0 Å². The first kappa shape index (κ1) is 10.6. The van der Waals surface area contributed by atoms with Crippen LogP contribution in [0.2, 0.25) is 0 Å². The van der Waals surface area contributed by atoms with Gasteiger partial charge in [0.1, 0.15) is 0 Å². The molecule has 2 rings (SSSR count). The first-order valence-corrected chi connectivity index (χ1v) is 5.92. The van der Waals surface area contributed by atoms with Crippen LogP contribution in [0.25, 0.3) is 0 Å². The summed E-state index contributed by atoms with van der Waals surface area (Å²) in [5, 5.41) is 3.40. The van der Waals surface area contributed by atoms with Gasteiger partial charge in [0.25, 0.3) is 0 Å². The summed E-state index contributed by atoms with van der Waals surface area (Å²) in [6.07, 6.45) is 4.41. The number of nitrogens with zero attached hydrogens (tertiary/aromatic N) is 1. The Morgan fingerprint density at radius 2 is 2.33 bits per heavy atom. The van der Waals surface area contributed by atoms with Gasteiger partial charge < -0.3 is 5.32 Å². The molecule has 0 saturated heterocycles. The zero-order chi connectivity index (χ0) is 10.8. The summed E-state index contributed by atoms with van der Waals surface area (Å²) in [5.41, 5.74) is 5.71. The van der Waals surface area contributed by atoms with Crippen molar-refractivity contribution in [1.29, 1.82) is 0 Å². The van der Waals surface area contributed by atoms with Crippen LogP contribution in [0.4, 0.5) is 0 Å². The van der Waals surface area contributed by atoms with Crippen LogP contribution in [0, 0.1) is 6.92 Å². The summed E-state index contributed by atoms with van der Waals surface area (Å²) >= 11 is 0. The molecule has 82 valence electrons. The Labute approximate surface area is 92.1 Å². The largest absolute Gasteiger partial charge is 0.312 e. The van der Waals surface area contributed by atoms with Gasteiger partial charge >= 0.3 is 0 Å². The van der Waals surface area contributed by atoms with E-state index < -0.39 is 0 Å². The Hall–Kier alpha value is -0.890. The predicted molar refractivity (Wildman–Crippen MR) is 63.1 cm³/mol. The summed E-state index contributed by atoms with van der Waals surface area (Å²) in [7, 11) is 0. The maximum atomic E-state index is 4.52. The topological polar surface area (TPSA) is 24.9 Å². The van der Waals surface area contributed by atoms with Gasteiger partial charge in [-0.05, 0) is 48.9 Å². The maximum Gasteiger partial charge on any atom is 0.0410 e. The first-order valence-electron chi connectivity index (χ1n) is 5.92. The first-order chi connectivity index (χ1) is 7.24. The maximum absolute atomic E-state index is 4.52. The van der Waals surface area contributed by atoms with Gasteiger partial charge in [-0.3, -0.25) is 4.98 Å². The van der Waals surface area contributed by atoms with Gasteiger partial charge in [0.15, 0.2) is 0 Å². The second-order valence-electron chi connectivity index (χ2n) is 4.50. The van der Waals surface area contributed by atoms with Crippen LogP contribution in [0.1, 0.15) is 48.6 Å². The number of aromatic nitrogens is 1. The van der Waals surface area contributed by atoms with Crippen LogP contribution in [0.5, 0.6) is 0 Å². The number of fused-ring (bicyclic) bond motifs is 1. The smallest absolute Gasteiger partial charge is 0.0410 e. The van der Waals surface area contributed by atoms with Gasteiger partial charge in [-0.1, -0.05) is 13.8 Å². The van der Waals surface area contributed by atoms with Crippen molar-refractivity contribution in [2.45, 2.75) is 46.1 Å². The second-order valence-corrected chi connectivity index (χ2v) is 4.50. The molecule has 1 unspecified atom stereocenters. The fraction of sp³-hybridized carbons (Fsp3) is 0.615. The van der Waals surface area contributed by atoms with Crippen molar-refractivity contribution in [2.75, 3.05) is 6.54 Å². The van der Waals surface area contributed by atoms with Crippen LogP contribution >= 0.6 is 0 Å². The van der Waals surface area contributed by atoms with Crippen molar-refractivity contribution >= 4 is 0 Å². The van der Waals surface area contributed by atoms with E-state index in [1.165, 1.54) is 29.7 Å². The standard InChI is InChI=1S/C13H20N2/c1-4-9(2)13-10(3)15-8-11-7-14-6-5-12(11)13/h8-9,14H,4-7H2,1-3H3. The molecule has 0 amide bonds. The number of pyridine rings is 1. The number of hydrogen-bond acceptors (Lipinski definition) is 2. The molecule has 0 spiro atoms. The lowest BCUT2D eigenvalue weighted by atomic mass is 9.87. The Balaban J connectivity index is 2.50. The molecule has 2 heteroatoms. The summed E-state index contributed by atoms with van der Waals surface area (Å²) < 4.78 is 0. The van der Waals surface area contributed by atoms with E-state index in [1.54, 1.807) is 5.56 Å². The highest BCUT2D eigenvalue weighted by molar-refractivity contribution is 5.39.